The fourth-order valence-electron chi connectivity index (χ4n) is 5.38. The van der Waals surface area contributed by atoms with Crippen LogP contribution in [0.1, 0.15) is 68.6 Å². The first-order valence-corrected chi connectivity index (χ1v) is 14.4. The first kappa shape index (κ1) is 26.7. The maximum Gasteiger partial charge on any atom is 0.300 e. The lowest BCUT2D eigenvalue weighted by Gasteiger charge is -2.25. The van der Waals surface area contributed by atoms with E-state index in [0.29, 0.717) is 18.3 Å². The van der Waals surface area contributed by atoms with Crippen LogP contribution in [0.4, 0.5) is 5.69 Å². The van der Waals surface area contributed by atoms with Crippen molar-refractivity contribution in [2.24, 2.45) is 4.99 Å². The summed E-state index contributed by atoms with van der Waals surface area (Å²) in [5.74, 6) is 0.237. The van der Waals surface area contributed by atoms with Gasteiger partial charge in [-0.05, 0) is 54.7 Å². The summed E-state index contributed by atoms with van der Waals surface area (Å²) in [6.45, 7) is 4.14. The number of hydrogen-bond acceptors (Lipinski definition) is 4. The van der Waals surface area contributed by atoms with Crippen LogP contribution in [-0.2, 0) is 22.6 Å². The molecule has 0 atom stereocenters. The molecule has 1 saturated heterocycles. The quantitative estimate of drug-likeness (QED) is 0.287. The Morgan fingerprint density at radius 3 is 1.95 bits per heavy atom. The zero-order valence-electron chi connectivity index (χ0n) is 23.0. The van der Waals surface area contributed by atoms with Crippen LogP contribution >= 0.6 is 0 Å². The number of likely N-dealkylation sites (N-methyl/N-ethyl adjacent to an activating group) is 1. The number of anilines is 1. The highest BCUT2D eigenvalue weighted by atomic mass is 16.5. The molecule has 5 rings (SSSR count). The third kappa shape index (κ3) is 7.17. The van der Waals surface area contributed by atoms with Crippen LogP contribution in [0.15, 0.2) is 95.7 Å². The summed E-state index contributed by atoms with van der Waals surface area (Å²) >= 11 is 0. The molecule has 5 heteroatoms. The van der Waals surface area contributed by atoms with Gasteiger partial charge in [-0.15, -0.1) is 0 Å². The molecule has 2 aliphatic rings. The highest BCUT2D eigenvalue weighted by Crippen LogP contribution is 2.26. The lowest BCUT2D eigenvalue weighted by atomic mass is 9.97. The van der Waals surface area contributed by atoms with E-state index in [2.05, 4.69) is 77.7 Å². The zero-order valence-corrected chi connectivity index (χ0v) is 23.0. The van der Waals surface area contributed by atoms with E-state index in [4.69, 9.17) is 9.73 Å². The van der Waals surface area contributed by atoms with Gasteiger partial charge in [-0.1, -0.05) is 105 Å². The van der Waals surface area contributed by atoms with Gasteiger partial charge in [-0.3, -0.25) is 9.69 Å². The lowest BCUT2D eigenvalue weighted by molar-refractivity contribution is -0.122. The first-order valence-electron chi connectivity index (χ1n) is 14.4. The number of rotatable bonds is 8. The van der Waals surface area contributed by atoms with Crippen molar-refractivity contribution in [2.75, 3.05) is 11.4 Å². The minimum Gasteiger partial charge on any atom is -0.420 e. The summed E-state index contributed by atoms with van der Waals surface area (Å²) < 4.78 is 6.07. The number of carbonyl (C=O) groups is 1. The van der Waals surface area contributed by atoms with Crippen molar-refractivity contribution in [1.82, 2.24) is 4.90 Å². The second-order valence-corrected chi connectivity index (χ2v) is 10.5. The van der Waals surface area contributed by atoms with E-state index >= 15 is 0 Å². The van der Waals surface area contributed by atoms with Crippen molar-refractivity contribution in [3.8, 4) is 0 Å². The van der Waals surface area contributed by atoms with E-state index in [9.17, 15) is 4.79 Å². The van der Waals surface area contributed by atoms with Crippen LogP contribution in [0, 0.1) is 0 Å². The molecule has 2 fully saturated rings. The van der Waals surface area contributed by atoms with Crippen molar-refractivity contribution < 1.29 is 9.53 Å². The Bertz CT molecular complexity index is 1220. The number of aliphatic imine (C=N–C) groups is 1. The number of carbonyl (C=O) groups excluding carboxylic acids is 1. The molecule has 1 saturated carbocycles. The van der Waals surface area contributed by atoms with Crippen LogP contribution in [0.25, 0.3) is 6.08 Å². The number of amides is 1. The third-order valence-electron chi connectivity index (χ3n) is 7.56. The molecule has 3 aromatic rings. The molecule has 202 valence electrons. The average Bonchev–Trinajstić information content (AvgIpc) is 3.24. The highest BCUT2D eigenvalue weighted by molar-refractivity contribution is 6.11. The Labute approximate surface area is 232 Å². The largest absolute Gasteiger partial charge is 0.420 e. The molecular formula is C34H39N3O2. The van der Waals surface area contributed by atoms with Gasteiger partial charge in [0.2, 0.25) is 0 Å². The molecule has 0 bridgehead atoms. The Hall–Kier alpha value is -3.86. The molecule has 0 unspecified atom stereocenters. The number of benzene rings is 3. The van der Waals surface area contributed by atoms with Crippen molar-refractivity contribution in [1.29, 1.82) is 0 Å². The molecule has 1 amide bonds. The second kappa shape index (κ2) is 13.3. The van der Waals surface area contributed by atoms with E-state index in [1.54, 1.807) is 4.90 Å². The maximum atomic E-state index is 13.1. The van der Waals surface area contributed by atoms with Gasteiger partial charge in [0.15, 0.2) is 5.76 Å². The summed E-state index contributed by atoms with van der Waals surface area (Å²) in [5.41, 5.74) is 4.59. The van der Waals surface area contributed by atoms with E-state index in [1.807, 2.05) is 25.1 Å². The summed E-state index contributed by atoms with van der Waals surface area (Å²) in [5, 5.41) is 0. The molecule has 0 aromatic heterocycles. The van der Waals surface area contributed by atoms with Crippen molar-refractivity contribution in [3.05, 3.63) is 107 Å². The molecule has 1 heterocycles. The highest BCUT2D eigenvalue weighted by Gasteiger charge is 2.34. The van der Waals surface area contributed by atoms with Gasteiger partial charge in [0.25, 0.3) is 5.91 Å². The molecule has 1 aliphatic carbocycles. The smallest absolute Gasteiger partial charge is 0.300 e. The van der Waals surface area contributed by atoms with Gasteiger partial charge in [0.1, 0.15) is 0 Å². The average molecular weight is 522 g/mol. The number of amidine groups is 1. The van der Waals surface area contributed by atoms with Gasteiger partial charge < -0.3 is 9.64 Å². The Kier molecular flexibility index (Phi) is 9.10. The van der Waals surface area contributed by atoms with Crippen LogP contribution in [0.3, 0.4) is 0 Å². The minimum atomic E-state index is -0.110. The number of ether oxygens (including phenoxy) is 1. The van der Waals surface area contributed by atoms with E-state index in [1.165, 1.54) is 43.2 Å². The van der Waals surface area contributed by atoms with Gasteiger partial charge in [0, 0.05) is 25.3 Å². The molecule has 3 aromatic carbocycles. The van der Waals surface area contributed by atoms with Gasteiger partial charge in [-0.2, -0.15) is 0 Å². The van der Waals surface area contributed by atoms with E-state index in [0.717, 1.165) is 37.2 Å². The molecule has 5 nitrogen and oxygen atoms in total. The van der Waals surface area contributed by atoms with Crippen LogP contribution in [-0.4, -0.2) is 29.4 Å². The predicted octanol–water partition coefficient (Wildman–Crippen LogP) is 7.58. The molecule has 39 heavy (non-hydrogen) atoms. The molecule has 1 aliphatic heterocycles. The summed E-state index contributed by atoms with van der Waals surface area (Å²) in [6.07, 6.45) is 10.2. The topological polar surface area (TPSA) is 45.1 Å². The number of nitrogens with zero attached hydrogens (tertiary/aromatic N) is 3. The molecule has 0 spiro atoms. The fourth-order valence-corrected chi connectivity index (χ4v) is 5.38. The standard InChI is InChI=1S/C34H39N3O2/c1-2-37-33(38)32(39-34(37)35-30-18-12-4-3-5-13-19-30)24-27-20-22-31(23-21-27)36(25-28-14-8-6-9-15-28)26-29-16-10-7-11-17-29/h6-11,14-17,20-24,30H,2-5,12-13,18-19,25-26H2,1H3/b32-24+,35-34+. The summed E-state index contributed by atoms with van der Waals surface area (Å²) in [4.78, 5) is 22.1. The van der Waals surface area contributed by atoms with Crippen LogP contribution < -0.4 is 4.90 Å². The normalized spacial score (nSPS) is 18.7. The van der Waals surface area contributed by atoms with Crippen molar-refractivity contribution >= 4 is 23.7 Å². The van der Waals surface area contributed by atoms with Crippen molar-refractivity contribution in [3.63, 3.8) is 0 Å². The van der Waals surface area contributed by atoms with Crippen LogP contribution in [0.2, 0.25) is 0 Å². The van der Waals surface area contributed by atoms with E-state index in [-0.39, 0.29) is 11.9 Å². The second-order valence-electron chi connectivity index (χ2n) is 10.5. The molecule has 0 radical (unpaired) electrons. The van der Waals surface area contributed by atoms with Crippen molar-refractivity contribution in [2.45, 2.75) is 71.0 Å². The predicted molar refractivity (Wildman–Crippen MR) is 159 cm³/mol. The zero-order chi connectivity index (χ0) is 26.9. The first-order chi connectivity index (χ1) is 19.2. The Morgan fingerprint density at radius 2 is 1.38 bits per heavy atom. The van der Waals surface area contributed by atoms with Gasteiger partial charge in [-0.25, -0.2) is 4.99 Å². The van der Waals surface area contributed by atoms with Crippen LogP contribution in [0.5, 0.6) is 0 Å². The number of hydrogen-bond donors (Lipinski definition) is 0. The fraction of sp³-hybridized carbons (Fsp3) is 0.353. The monoisotopic (exact) mass is 521 g/mol. The lowest BCUT2D eigenvalue weighted by Crippen LogP contribution is -2.30. The Morgan fingerprint density at radius 1 is 0.821 bits per heavy atom. The summed E-state index contributed by atoms with van der Waals surface area (Å²) in [7, 11) is 0. The Balaban J connectivity index is 1.33. The minimum absolute atomic E-state index is 0.110. The van der Waals surface area contributed by atoms with Gasteiger partial charge in [0.05, 0.1) is 6.04 Å². The maximum absolute atomic E-state index is 13.1. The molecular weight excluding hydrogens is 482 g/mol. The summed E-state index contributed by atoms with van der Waals surface area (Å²) in [6, 6.07) is 30.1. The molecule has 0 N–H and O–H groups in total. The van der Waals surface area contributed by atoms with Gasteiger partial charge >= 0.3 is 6.02 Å². The third-order valence-corrected chi connectivity index (χ3v) is 7.56. The van der Waals surface area contributed by atoms with E-state index < -0.39 is 0 Å². The SMILES string of the molecule is CCN1C(=O)/C(=C\c2ccc(N(Cc3ccccc3)Cc3ccccc3)cc2)O/C1=N/C1CCCCCCC1.